The number of benzene rings is 2. The number of aryl methyl sites for hydroxylation is 1. The number of aromatic nitrogens is 1. The highest BCUT2D eigenvalue weighted by atomic mass is 19.1. The van der Waals surface area contributed by atoms with Crippen molar-refractivity contribution in [2.24, 2.45) is 34.5 Å². The van der Waals surface area contributed by atoms with Crippen molar-refractivity contribution < 1.29 is 38.8 Å². The maximum Gasteiger partial charge on any atom is 0.338 e. The summed E-state index contributed by atoms with van der Waals surface area (Å²) in [6.07, 6.45) is 8.04. The molecule has 0 radical (unpaired) electrons. The van der Waals surface area contributed by atoms with Crippen molar-refractivity contribution in [1.82, 2.24) is 4.98 Å². The number of Topliss-reactive ketones (excluding diaryl/α,β-unsaturated/α-hetero) is 1. The topological polar surface area (TPSA) is 146 Å². The monoisotopic (exact) mass is 722 g/mol. The smallest absolute Gasteiger partial charge is 0.338 e. The predicted molar refractivity (Wildman–Crippen MR) is 197 cm³/mol. The van der Waals surface area contributed by atoms with Crippen molar-refractivity contribution in [3.63, 3.8) is 0 Å². The average molecular weight is 723 g/mol. The van der Waals surface area contributed by atoms with Crippen molar-refractivity contribution in [2.45, 2.75) is 89.2 Å². The summed E-state index contributed by atoms with van der Waals surface area (Å²) in [7, 11) is 0. The maximum absolute atomic E-state index is 17.5. The largest absolute Gasteiger partial charge is 0.454 e. The second-order valence-electron chi connectivity index (χ2n) is 16.8. The average Bonchev–Trinajstić information content (AvgIpc) is 3.91. The third-order valence-corrected chi connectivity index (χ3v) is 14.0. The summed E-state index contributed by atoms with van der Waals surface area (Å²) in [5.74, 6) is -3.42. The number of halogens is 1. The lowest BCUT2D eigenvalue weighted by Crippen LogP contribution is -2.69. The van der Waals surface area contributed by atoms with Crippen LogP contribution >= 0.6 is 0 Å². The van der Waals surface area contributed by atoms with Gasteiger partial charge in [0.25, 0.3) is 0 Å². The summed E-state index contributed by atoms with van der Waals surface area (Å²) in [6, 6.07) is 12.6. The van der Waals surface area contributed by atoms with Crippen molar-refractivity contribution in [2.75, 3.05) is 11.9 Å². The quantitative estimate of drug-likeness (QED) is 0.168. The number of carbonyl (C=O) groups is 3. The number of hydrogen-bond donors (Lipinski definition) is 4. The van der Waals surface area contributed by atoms with Crippen LogP contribution < -0.4 is 5.32 Å². The highest BCUT2D eigenvalue weighted by molar-refractivity contribution is 5.98. The first kappa shape index (κ1) is 35.8. The lowest BCUT2D eigenvalue weighted by Gasteiger charge is -2.62. The lowest BCUT2D eigenvalue weighted by atomic mass is 9.44. The number of alkyl halides is 1. The number of aliphatic hydroxyl groups is 3. The highest BCUT2D eigenvalue weighted by Gasteiger charge is 2.75. The van der Waals surface area contributed by atoms with E-state index in [1.165, 1.54) is 0 Å². The molecular weight excluding hydrogens is 675 g/mol. The molecule has 5 aliphatic carbocycles. The molecular formula is C43H47FN2O7. The van der Waals surface area contributed by atoms with Crippen LogP contribution in [0.2, 0.25) is 0 Å². The van der Waals surface area contributed by atoms with Gasteiger partial charge in [0.15, 0.2) is 12.3 Å². The van der Waals surface area contributed by atoms with Gasteiger partial charge in [0.2, 0.25) is 11.7 Å². The van der Waals surface area contributed by atoms with Crippen LogP contribution in [0.15, 0.2) is 78.7 Å². The Hall–Kier alpha value is -4.25. The molecule has 0 aliphatic heterocycles. The van der Waals surface area contributed by atoms with E-state index in [1.54, 1.807) is 69.6 Å². The predicted octanol–water partition coefficient (Wildman–Crippen LogP) is 6.15. The standard InChI is InChI=1S/C43H47FN2O7/c1-23-20-45-21-27-8-10-29(17-31(23)27)46-38(50)33-18-32(33)25-6-5-7-26(15-25)39(51)53-22-37(49)43(52)24(2)14-35-34-11-9-28-16-30(47)12-13-40(28,3)42(34,44)36(48)19-41(35,43)4/h5-8,10,12-13,15-17,20-21,24,30,32-36,47-48,52H,9,11,14,18-19,22H2,1-4H3,(H,46,50)/t24-,30?,32+,33-,34+,35+,36+,40+,41+,42+,43+/m1/s1. The van der Waals surface area contributed by atoms with E-state index >= 15 is 4.39 Å². The number of nitrogens with zero attached hydrogens (tertiary/aromatic N) is 1. The van der Waals surface area contributed by atoms with E-state index in [4.69, 9.17) is 4.74 Å². The molecule has 9 nitrogen and oxygen atoms in total. The number of ketones is 1. The van der Waals surface area contributed by atoms with Gasteiger partial charge in [-0.05, 0) is 104 Å². The first-order chi connectivity index (χ1) is 25.1. The molecule has 11 atom stereocenters. The normalized spacial score (nSPS) is 38.3. The number of rotatable bonds is 7. The molecule has 0 saturated heterocycles. The minimum Gasteiger partial charge on any atom is -0.454 e. The molecule has 3 aromatic rings. The molecule has 1 heterocycles. The number of nitrogens with one attached hydrogen (secondary N) is 1. The van der Waals surface area contributed by atoms with E-state index in [2.05, 4.69) is 10.3 Å². The fourth-order valence-corrected chi connectivity index (χ4v) is 11.0. The van der Waals surface area contributed by atoms with Gasteiger partial charge in [0.1, 0.15) is 5.60 Å². The minimum atomic E-state index is -2.04. The molecule has 8 rings (SSSR count). The second kappa shape index (κ2) is 12.4. The number of hydrogen-bond acceptors (Lipinski definition) is 8. The first-order valence-corrected chi connectivity index (χ1v) is 18.8. The van der Waals surface area contributed by atoms with Crippen LogP contribution in [-0.4, -0.2) is 68.0 Å². The molecule has 10 heteroatoms. The van der Waals surface area contributed by atoms with Crippen LogP contribution in [0.1, 0.15) is 80.3 Å². The third-order valence-electron chi connectivity index (χ3n) is 14.0. The van der Waals surface area contributed by atoms with Gasteiger partial charge in [0, 0.05) is 46.1 Å². The Labute approximate surface area is 308 Å². The van der Waals surface area contributed by atoms with E-state index in [0.717, 1.165) is 27.5 Å². The number of esters is 1. The third kappa shape index (κ3) is 5.27. The first-order valence-electron chi connectivity index (χ1n) is 18.8. The van der Waals surface area contributed by atoms with E-state index in [9.17, 15) is 29.7 Å². The summed E-state index contributed by atoms with van der Waals surface area (Å²) in [5, 5.41) is 39.2. The SMILES string of the molecule is Cc1cncc2ccc(NC(=O)[C@@H]3C[C@H]3c3cccc(C(=O)OCC(=O)[C@@]4(O)[C@H](C)C[C@H]5[C@@H]6CCC7=CC(O)C=C[C@]7(C)[C@@]6(F)[C@@H](O)C[C@@]54C)c3)cc12. The summed E-state index contributed by atoms with van der Waals surface area (Å²) in [4.78, 5) is 44.7. The maximum atomic E-state index is 17.5. The second-order valence-corrected chi connectivity index (χ2v) is 16.8. The fraction of sp³-hybridized carbons (Fsp3) is 0.488. The van der Waals surface area contributed by atoms with Gasteiger partial charge in [-0.1, -0.05) is 55.8 Å². The summed E-state index contributed by atoms with van der Waals surface area (Å²) in [6.45, 7) is 6.61. The van der Waals surface area contributed by atoms with Crippen LogP contribution in [0, 0.1) is 41.4 Å². The Morgan fingerprint density at radius 2 is 1.85 bits per heavy atom. The zero-order valence-corrected chi connectivity index (χ0v) is 30.5. The Morgan fingerprint density at radius 3 is 2.64 bits per heavy atom. The van der Waals surface area contributed by atoms with Crippen LogP contribution in [0.25, 0.3) is 10.8 Å². The van der Waals surface area contributed by atoms with Crippen LogP contribution in [-0.2, 0) is 14.3 Å². The van der Waals surface area contributed by atoms with Crippen LogP contribution in [0.3, 0.4) is 0 Å². The number of ether oxygens (including phenoxy) is 1. The molecule has 4 fully saturated rings. The number of fused-ring (bicyclic) bond motifs is 6. The molecule has 53 heavy (non-hydrogen) atoms. The van der Waals surface area contributed by atoms with Gasteiger partial charge in [0.05, 0.1) is 17.8 Å². The van der Waals surface area contributed by atoms with E-state index in [1.807, 2.05) is 31.2 Å². The number of allylic oxidation sites excluding steroid dienone is 2. The zero-order chi connectivity index (χ0) is 37.7. The molecule has 278 valence electrons. The van der Waals surface area contributed by atoms with Crippen LogP contribution in [0.5, 0.6) is 0 Å². The Bertz CT molecular complexity index is 2100. The molecule has 4 N–H and O–H groups in total. The van der Waals surface area contributed by atoms with Gasteiger partial charge in [-0.3, -0.25) is 14.6 Å². The van der Waals surface area contributed by atoms with Gasteiger partial charge >= 0.3 is 5.97 Å². The van der Waals surface area contributed by atoms with E-state index in [-0.39, 0.29) is 29.7 Å². The van der Waals surface area contributed by atoms with Gasteiger partial charge in [-0.25, -0.2) is 9.18 Å². The molecule has 0 spiro atoms. The van der Waals surface area contributed by atoms with E-state index < -0.39 is 70.4 Å². The molecule has 1 unspecified atom stereocenters. The van der Waals surface area contributed by atoms with Gasteiger partial charge in [-0.15, -0.1) is 0 Å². The molecule has 1 aromatic heterocycles. The van der Waals surface area contributed by atoms with Gasteiger partial charge in [-0.2, -0.15) is 0 Å². The van der Waals surface area contributed by atoms with Gasteiger partial charge < -0.3 is 25.4 Å². The van der Waals surface area contributed by atoms with E-state index in [0.29, 0.717) is 31.4 Å². The van der Waals surface area contributed by atoms with Crippen molar-refractivity contribution in [3.8, 4) is 0 Å². The number of pyridine rings is 1. The summed E-state index contributed by atoms with van der Waals surface area (Å²) < 4.78 is 23.1. The Morgan fingerprint density at radius 1 is 1.06 bits per heavy atom. The lowest BCUT2D eigenvalue weighted by molar-refractivity contribution is -0.219. The molecule has 4 saturated carbocycles. The van der Waals surface area contributed by atoms with Crippen molar-refractivity contribution in [1.29, 1.82) is 0 Å². The molecule has 5 aliphatic rings. The number of aliphatic hydroxyl groups excluding tert-OH is 2. The summed E-state index contributed by atoms with van der Waals surface area (Å²) >= 11 is 0. The molecule has 0 bridgehead atoms. The highest BCUT2D eigenvalue weighted by Crippen LogP contribution is 2.70. The number of carbonyl (C=O) groups excluding carboxylic acids is 3. The Balaban J connectivity index is 0.933. The van der Waals surface area contributed by atoms with Crippen molar-refractivity contribution >= 4 is 34.1 Å². The summed E-state index contributed by atoms with van der Waals surface area (Å²) in [5.41, 5.74) is -2.74. The number of anilines is 1. The molecule has 2 aromatic carbocycles. The van der Waals surface area contributed by atoms with Crippen molar-refractivity contribution in [3.05, 3.63) is 95.3 Å². The zero-order valence-electron chi connectivity index (χ0n) is 30.5. The van der Waals surface area contributed by atoms with Crippen LogP contribution in [0.4, 0.5) is 10.1 Å². The number of amides is 1. The fourth-order valence-electron chi connectivity index (χ4n) is 11.0. The Kier molecular flexibility index (Phi) is 8.37. The minimum absolute atomic E-state index is 0.0733. The molecule has 1 amide bonds.